The highest BCUT2D eigenvalue weighted by Crippen LogP contribution is 2.39. The highest BCUT2D eigenvalue weighted by atomic mass is 16.3. The summed E-state index contributed by atoms with van der Waals surface area (Å²) in [4.78, 5) is 4.66. The monoisotopic (exact) mass is 329 g/mol. The van der Waals surface area contributed by atoms with E-state index in [1.165, 1.54) is 49.7 Å². The zero-order chi connectivity index (χ0) is 16.8. The number of hydrogen-bond acceptors (Lipinski definition) is 2. The number of benzene rings is 1. The van der Waals surface area contributed by atoms with E-state index in [4.69, 9.17) is 5.73 Å². The molecule has 2 aliphatic carbocycles. The average Bonchev–Trinajstić information content (AvgIpc) is 2.62. The first kappa shape index (κ1) is 17.3. The smallest absolute Gasteiger partial charge is 0.193 e. The Morgan fingerprint density at radius 3 is 2.71 bits per heavy atom. The van der Waals surface area contributed by atoms with Crippen LogP contribution in [0.25, 0.3) is 0 Å². The molecule has 2 aliphatic rings. The molecule has 0 aliphatic heterocycles. The summed E-state index contributed by atoms with van der Waals surface area (Å²) in [5, 5.41) is 12.8. The molecule has 3 rings (SSSR count). The van der Waals surface area contributed by atoms with Gasteiger partial charge in [0.05, 0.1) is 0 Å². The number of aliphatic hydroxyl groups is 1. The van der Waals surface area contributed by atoms with E-state index in [-0.39, 0.29) is 12.0 Å². The van der Waals surface area contributed by atoms with Crippen molar-refractivity contribution < 1.29 is 5.11 Å². The predicted molar refractivity (Wildman–Crippen MR) is 100 cm³/mol. The largest absolute Gasteiger partial charge is 0.396 e. The fraction of sp³-hybridized carbons (Fsp3) is 0.650. The molecule has 4 nitrogen and oxygen atoms in total. The number of nitrogens with zero attached hydrogens (tertiary/aromatic N) is 1. The minimum atomic E-state index is 0.148. The van der Waals surface area contributed by atoms with Crippen molar-refractivity contribution in [1.82, 2.24) is 0 Å². The molecule has 0 unspecified atom stereocenters. The van der Waals surface area contributed by atoms with Crippen molar-refractivity contribution in [3.8, 4) is 0 Å². The van der Waals surface area contributed by atoms with E-state index >= 15 is 0 Å². The van der Waals surface area contributed by atoms with Crippen LogP contribution in [0.2, 0.25) is 0 Å². The minimum absolute atomic E-state index is 0.148. The minimum Gasteiger partial charge on any atom is -0.396 e. The maximum absolute atomic E-state index is 9.42. The van der Waals surface area contributed by atoms with Gasteiger partial charge in [0.15, 0.2) is 5.96 Å². The molecular weight excluding hydrogens is 298 g/mol. The van der Waals surface area contributed by atoms with Gasteiger partial charge in [0.25, 0.3) is 0 Å². The lowest BCUT2D eigenvalue weighted by Gasteiger charge is -2.35. The van der Waals surface area contributed by atoms with Crippen LogP contribution in [0.15, 0.2) is 23.2 Å². The summed E-state index contributed by atoms with van der Waals surface area (Å²) in [5.41, 5.74) is 10.3. The summed E-state index contributed by atoms with van der Waals surface area (Å²) in [6, 6.07) is 6.44. The van der Waals surface area contributed by atoms with E-state index < -0.39 is 0 Å². The second-order valence-corrected chi connectivity index (χ2v) is 7.51. The molecule has 0 aromatic heterocycles. The predicted octanol–water partition coefficient (Wildman–Crippen LogP) is 3.62. The van der Waals surface area contributed by atoms with Crippen molar-refractivity contribution in [1.29, 1.82) is 0 Å². The number of hydrogen-bond donors (Lipinski definition) is 3. The van der Waals surface area contributed by atoms with Gasteiger partial charge in [-0.05, 0) is 67.6 Å². The summed E-state index contributed by atoms with van der Waals surface area (Å²) in [5.74, 6) is 0.511. The molecule has 0 saturated heterocycles. The molecule has 0 bridgehead atoms. The van der Waals surface area contributed by atoms with E-state index in [0.29, 0.717) is 5.96 Å². The number of nitrogens with one attached hydrogen (secondary N) is 1. The summed E-state index contributed by atoms with van der Waals surface area (Å²) < 4.78 is 0. The van der Waals surface area contributed by atoms with Gasteiger partial charge in [0.1, 0.15) is 0 Å². The third-order valence-electron chi connectivity index (χ3n) is 5.80. The van der Waals surface area contributed by atoms with Crippen LogP contribution in [0.4, 0.5) is 5.69 Å². The summed E-state index contributed by atoms with van der Waals surface area (Å²) >= 11 is 0. The van der Waals surface area contributed by atoms with Gasteiger partial charge in [0, 0.05) is 18.8 Å². The van der Waals surface area contributed by atoms with E-state index in [1.807, 2.05) is 0 Å². The van der Waals surface area contributed by atoms with Gasteiger partial charge in [-0.15, -0.1) is 0 Å². The van der Waals surface area contributed by atoms with E-state index in [9.17, 15) is 5.11 Å². The average molecular weight is 329 g/mol. The van der Waals surface area contributed by atoms with Gasteiger partial charge >= 0.3 is 0 Å². The zero-order valence-electron chi connectivity index (χ0n) is 14.7. The molecule has 0 atom stereocenters. The number of anilines is 1. The van der Waals surface area contributed by atoms with Gasteiger partial charge < -0.3 is 16.2 Å². The van der Waals surface area contributed by atoms with E-state index in [2.05, 4.69) is 28.5 Å². The van der Waals surface area contributed by atoms with Crippen molar-refractivity contribution in [2.24, 2.45) is 16.1 Å². The summed E-state index contributed by atoms with van der Waals surface area (Å²) in [6.45, 7) is 0.969. The molecule has 1 aromatic rings. The molecule has 0 heterocycles. The van der Waals surface area contributed by atoms with Crippen LogP contribution in [-0.4, -0.2) is 24.2 Å². The van der Waals surface area contributed by atoms with Crippen molar-refractivity contribution in [3.05, 3.63) is 29.3 Å². The first-order chi connectivity index (χ1) is 11.7. The second-order valence-electron chi connectivity index (χ2n) is 7.51. The normalized spacial score (nSPS) is 20.5. The van der Waals surface area contributed by atoms with Crippen molar-refractivity contribution in [2.45, 2.75) is 64.2 Å². The van der Waals surface area contributed by atoms with Gasteiger partial charge in [-0.1, -0.05) is 31.4 Å². The summed E-state index contributed by atoms with van der Waals surface area (Å²) in [6.07, 6.45) is 11.8. The molecular formula is C20H31N3O. The first-order valence-electron chi connectivity index (χ1n) is 9.51. The highest BCUT2D eigenvalue weighted by molar-refractivity contribution is 5.93. The molecule has 132 valence electrons. The molecule has 1 aromatic carbocycles. The molecule has 0 radical (unpaired) electrons. The molecule has 24 heavy (non-hydrogen) atoms. The second kappa shape index (κ2) is 8.02. The molecule has 1 fully saturated rings. The Kier molecular flexibility index (Phi) is 5.77. The number of aryl methyl sites for hydroxylation is 1. The maximum Gasteiger partial charge on any atom is 0.193 e. The van der Waals surface area contributed by atoms with E-state index in [0.717, 1.165) is 37.9 Å². The summed E-state index contributed by atoms with van der Waals surface area (Å²) in [7, 11) is 0. The number of guanidine groups is 1. The number of aliphatic imine (C=N–C) groups is 1. The molecule has 4 heteroatoms. The number of aliphatic hydroxyl groups excluding tert-OH is 1. The lowest BCUT2D eigenvalue weighted by molar-refractivity contribution is 0.137. The topological polar surface area (TPSA) is 70.6 Å². The molecule has 0 amide bonds. The Morgan fingerprint density at radius 1 is 1.12 bits per heavy atom. The highest BCUT2D eigenvalue weighted by Gasteiger charge is 2.31. The van der Waals surface area contributed by atoms with Crippen LogP contribution in [0, 0.1) is 5.41 Å². The van der Waals surface area contributed by atoms with Crippen LogP contribution in [-0.2, 0) is 12.8 Å². The van der Waals surface area contributed by atoms with Gasteiger partial charge in [-0.25, -0.2) is 0 Å². The first-order valence-corrected chi connectivity index (χ1v) is 9.51. The third-order valence-corrected chi connectivity index (χ3v) is 5.80. The standard InChI is InChI=1S/C20H31N3O/c21-19(22-15-20(13-14-24)11-4-1-5-12-20)23-18-10-6-8-16-7-2-3-9-17(16)18/h6,8,10,24H,1-5,7,9,11-15H2,(H3,21,22,23). The lowest BCUT2D eigenvalue weighted by Crippen LogP contribution is -2.32. The Hall–Kier alpha value is -1.55. The maximum atomic E-state index is 9.42. The zero-order valence-corrected chi connectivity index (χ0v) is 14.7. The van der Waals surface area contributed by atoms with Crippen LogP contribution in [0.1, 0.15) is 62.5 Å². The van der Waals surface area contributed by atoms with E-state index in [1.54, 1.807) is 0 Å². The van der Waals surface area contributed by atoms with Crippen LogP contribution in [0.5, 0.6) is 0 Å². The van der Waals surface area contributed by atoms with Crippen LogP contribution in [0.3, 0.4) is 0 Å². The fourth-order valence-corrected chi connectivity index (χ4v) is 4.35. The number of fused-ring (bicyclic) bond motifs is 1. The third kappa shape index (κ3) is 4.10. The van der Waals surface area contributed by atoms with Gasteiger partial charge in [0.2, 0.25) is 0 Å². The molecule has 1 saturated carbocycles. The van der Waals surface area contributed by atoms with Crippen LogP contribution < -0.4 is 11.1 Å². The Balaban J connectivity index is 1.68. The van der Waals surface area contributed by atoms with Crippen molar-refractivity contribution in [3.63, 3.8) is 0 Å². The SMILES string of the molecule is NC(=NCC1(CCO)CCCCC1)Nc1cccc2c1CCCC2. The quantitative estimate of drug-likeness (QED) is 0.571. The number of rotatable bonds is 5. The van der Waals surface area contributed by atoms with Crippen molar-refractivity contribution in [2.75, 3.05) is 18.5 Å². The molecule has 0 spiro atoms. The number of nitrogens with two attached hydrogens (primary N) is 1. The van der Waals surface area contributed by atoms with Gasteiger partial charge in [-0.2, -0.15) is 0 Å². The lowest BCUT2D eigenvalue weighted by atomic mass is 9.72. The van der Waals surface area contributed by atoms with Gasteiger partial charge in [-0.3, -0.25) is 4.99 Å². The van der Waals surface area contributed by atoms with Crippen LogP contribution >= 0.6 is 0 Å². The molecule has 4 N–H and O–H groups in total. The van der Waals surface area contributed by atoms with Crippen molar-refractivity contribution >= 4 is 11.6 Å². The fourth-order valence-electron chi connectivity index (χ4n) is 4.35. The Labute approximate surface area is 145 Å². The Bertz CT molecular complexity index is 571. The Morgan fingerprint density at radius 2 is 1.92 bits per heavy atom.